The number of carbonyl (C=O) groups excluding carboxylic acids is 1. The standard InChI is InChI=1S/C23H22N4O/c1-16-6-2-4-8-20(16)27-18-10-11-22(26-15-18)23(28)24-13-12-17-14-25-21-9-5-3-7-19(17)21/h2-11,14-15,25,27H,12-13H2,1H3,(H,24,28). The predicted octanol–water partition coefficient (Wildman–Crippen LogP) is 4.59. The summed E-state index contributed by atoms with van der Waals surface area (Å²) >= 11 is 0. The number of pyridine rings is 1. The topological polar surface area (TPSA) is 69.8 Å². The number of benzene rings is 2. The molecule has 5 nitrogen and oxygen atoms in total. The number of rotatable bonds is 6. The molecule has 0 fully saturated rings. The number of carbonyl (C=O) groups is 1. The van der Waals surface area contributed by atoms with Gasteiger partial charge in [0.25, 0.3) is 5.91 Å². The Labute approximate surface area is 163 Å². The van der Waals surface area contributed by atoms with Gasteiger partial charge in [-0.2, -0.15) is 0 Å². The molecule has 0 bridgehead atoms. The summed E-state index contributed by atoms with van der Waals surface area (Å²) in [5.41, 5.74) is 5.75. The Morgan fingerprint density at radius 2 is 1.86 bits per heavy atom. The molecule has 2 heterocycles. The lowest BCUT2D eigenvalue weighted by Crippen LogP contribution is -2.26. The minimum absolute atomic E-state index is 0.165. The van der Waals surface area contributed by atoms with Crippen molar-refractivity contribution < 1.29 is 4.79 Å². The summed E-state index contributed by atoms with van der Waals surface area (Å²) < 4.78 is 0. The van der Waals surface area contributed by atoms with Gasteiger partial charge >= 0.3 is 0 Å². The van der Waals surface area contributed by atoms with Gasteiger partial charge < -0.3 is 15.6 Å². The Morgan fingerprint density at radius 1 is 1.04 bits per heavy atom. The molecule has 4 rings (SSSR count). The second-order valence-corrected chi connectivity index (χ2v) is 6.74. The van der Waals surface area contributed by atoms with Gasteiger partial charge in [0.2, 0.25) is 0 Å². The van der Waals surface area contributed by atoms with Gasteiger partial charge in [-0.3, -0.25) is 4.79 Å². The highest BCUT2D eigenvalue weighted by atomic mass is 16.1. The monoisotopic (exact) mass is 370 g/mol. The number of aromatic nitrogens is 2. The fraction of sp³-hybridized carbons (Fsp3) is 0.130. The van der Waals surface area contributed by atoms with Crippen molar-refractivity contribution >= 4 is 28.2 Å². The molecular weight excluding hydrogens is 348 g/mol. The molecular formula is C23H22N4O. The van der Waals surface area contributed by atoms with Crippen molar-refractivity contribution in [3.8, 4) is 0 Å². The molecule has 4 aromatic rings. The van der Waals surface area contributed by atoms with Gasteiger partial charge in [0, 0.05) is 29.3 Å². The summed E-state index contributed by atoms with van der Waals surface area (Å²) in [7, 11) is 0. The van der Waals surface area contributed by atoms with E-state index in [0.717, 1.165) is 28.9 Å². The van der Waals surface area contributed by atoms with Crippen molar-refractivity contribution in [3.63, 3.8) is 0 Å². The van der Waals surface area contributed by atoms with Crippen molar-refractivity contribution in [2.45, 2.75) is 13.3 Å². The molecule has 140 valence electrons. The van der Waals surface area contributed by atoms with E-state index in [2.05, 4.69) is 26.7 Å². The fourth-order valence-electron chi connectivity index (χ4n) is 3.21. The van der Waals surface area contributed by atoms with E-state index in [9.17, 15) is 4.79 Å². The lowest BCUT2D eigenvalue weighted by Gasteiger charge is -2.09. The second kappa shape index (κ2) is 7.96. The summed E-state index contributed by atoms with van der Waals surface area (Å²) in [4.78, 5) is 19.9. The van der Waals surface area contributed by atoms with Crippen LogP contribution in [0.5, 0.6) is 0 Å². The molecule has 0 atom stereocenters. The van der Waals surface area contributed by atoms with Crippen molar-refractivity contribution in [1.29, 1.82) is 0 Å². The largest absolute Gasteiger partial charge is 0.361 e. The molecule has 0 spiro atoms. The van der Waals surface area contributed by atoms with E-state index in [4.69, 9.17) is 0 Å². The number of aromatic amines is 1. The lowest BCUT2D eigenvalue weighted by atomic mass is 10.1. The summed E-state index contributed by atoms with van der Waals surface area (Å²) in [5, 5.41) is 7.46. The number of para-hydroxylation sites is 2. The fourth-order valence-corrected chi connectivity index (χ4v) is 3.21. The van der Waals surface area contributed by atoms with E-state index >= 15 is 0 Å². The lowest BCUT2D eigenvalue weighted by molar-refractivity contribution is 0.0949. The van der Waals surface area contributed by atoms with Crippen molar-refractivity contribution in [2.75, 3.05) is 11.9 Å². The molecule has 0 saturated carbocycles. The molecule has 0 aliphatic carbocycles. The number of anilines is 2. The van der Waals surface area contributed by atoms with Crippen LogP contribution in [-0.2, 0) is 6.42 Å². The highest BCUT2D eigenvalue weighted by Gasteiger charge is 2.08. The third-order valence-corrected chi connectivity index (χ3v) is 4.78. The van der Waals surface area contributed by atoms with Gasteiger partial charge in [-0.05, 0) is 48.7 Å². The van der Waals surface area contributed by atoms with Gasteiger partial charge in [0.15, 0.2) is 0 Å². The van der Waals surface area contributed by atoms with E-state index in [1.165, 1.54) is 10.9 Å². The Bertz CT molecular complexity index is 1100. The Kier molecular flexibility index (Phi) is 5.06. The maximum absolute atomic E-state index is 12.4. The van der Waals surface area contributed by atoms with E-state index in [1.807, 2.05) is 61.7 Å². The summed E-state index contributed by atoms with van der Waals surface area (Å²) in [6, 6.07) is 19.8. The Hall–Kier alpha value is -3.60. The highest BCUT2D eigenvalue weighted by molar-refractivity contribution is 5.92. The minimum Gasteiger partial charge on any atom is -0.361 e. The number of hydrogen-bond donors (Lipinski definition) is 3. The first-order chi connectivity index (χ1) is 13.7. The number of aryl methyl sites for hydroxylation is 1. The van der Waals surface area contributed by atoms with Crippen LogP contribution in [0.1, 0.15) is 21.6 Å². The number of H-pyrrole nitrogens is 1. The number of nitrogens with one attached hydrogen (secondary N) is 3. The second-order valence-electron chi connectivity index (χ2n) is 6.74. The summed E-state index contributed by atoms with van der Waals surface area (Å²) in [6.07, 6.45) is 4.45. The van der Waals surface area contributed by atoms with E-state index in [1.54, 1.807) is 12.3 Å². The zero-order valence-electron chi connectivity index (χ0n) is 15.7. The van der Waals surface area contributed by atoms with Gasteiger partial charge in [0.05, 0.1) is 11.9 Å². The molecule has 2 aromatic heterocycles. The van der Waals surface area contributed by atoms with Crippen LogP contribution in [-0.4, -0.2) is 22.4 Å². The molecule has 1 amide bonds. The minimum atomic E-state index is -0.165. The van der Waals surface area contributed by atoms with Gasteiger partial charge in [-0.1, -0.05) is 36.4 Å². The zero-order valence-corrected chi connectivity index (χ0v) is 15.7. The quantitative estimate of drug-likeness (QED) is 0.465. The van der Waals surface area contributed by atoms with Crippen LogP contribution in [0.3, 0.4) is 0 Å². The third kappa shape index (κ3) is 3.88. The number of fused-ring (bicyclic) bond motifs is 1. The smallest absolute Gasteiger partial charge is 0.269 e. The van der Waals surface area contributed by atoms with Crippen LogP contribution < -0.4 is 10.6 Å². The van der Waals surface area contributed by atoms with Crippen molar-refractivity contribution in [1.82, 2.24) is 15.3 Å². The van der Waals surface area contributed by atoms with E-state index < -0.39 is 0 Å². The molecule has 0 aliphatic heterocycles. The van der Waals surface area contributed by atoms with Crippen LogP contribution in [0, 0.1) is 6.92 Å². The number of hydrogen-bond acceptors (Lipinski definition) is 3. The predicted molar refractivity (Wildman–Crippen MR) is 113 cm³/mol. The zero-order chi connectivity index (χ0) is 19.3. The van der Waals surface area contributed by atoms with E-state index in [0.29, 0.717) is 12.2 Å². The van der Waals surface area contributed by atoms with Crippen LogP contribution >= 0.6 is 0 Å². The molecule has 0 aliphatic rings. The SMILES string of the molecule is Cc1ccccc1Nc1ccc(C(=O)NCCc2c[nH]c3ccccc23)nc1. The molecule has 28 heavy (non-hydrogen) atoms. The average molecular weight is 370 g/mol. The van der Waals surface area contributed by atoms with Crippen molar-refractivity contribution in [2.24, 2.45) is 0 Å². The maximum Gasteiger partial charge on any atom is 0.269 e. The molecule has 0 unspecified atom stereocenters. The molecule has 0 saturated heterocycles. The molecule has 2 aromatic carbocycles. The van der Waals surface area contributed by atoms with Crippen LogP contribution in [0.2, 0.25) is 0 Å². The highest BCUT2D eigenvalue weighted by Crippen LogP contribution is 2.20. The molecule has 0 radical (unpaired) electrons. The van der Waals surface area contributed by atoms with E-state index in [-0.39, 0.29) is 5.91 Å². The third-order valence-electron chi connectivity index (χ3n) is 4.78. The first-order valence-corrected chi connectivity index (χ1v) is 9.32. The number of nitrogens with zero attached hydrogens (tertiary/aromatic N) is 1. The van der Waals surface area contributed by atoms with Crippen LogP contribution in [0.4, 0.5) is 11.4 Å². The maximum atomic E-state index is 12.4. The Morgan fingerprint density at radius 3 is 2.68 bits per heavy atom. The van der Waals surface area contributed by atoms with Gasteiger partial charge in [0.1, 0.15) is 5.69 Å². The first kappa shape index (κ1) is 17.8. The Balaban J connectivity index is 1.34. The van der Waals surface area contributed by atoms with Crippen LogP contribution in [0.25, 0.3) is 10.9 Å². The molecule has 3 N–H and O–H groups in total. The first-order valence-electron chi connectivity index (χ1n) is 9.32. The average Bonchev–Trinajstić information content (AvgIpc) is 3.13. The normalized spacial score (nSPS) is 10.8. The summed E-state index contributed by atoms with van der Waals surface area (Å²) in [5.74, 6) is -0.165. The molecule has 5 heteroatoms. The van der Waals surface area contributed by atoms with Crippen molar-refractivity contribution in [3.05, 3.63) is 89.9 Å². The van der Waals surface area contributed by atoms with Gasteiger partial charge in [-0.25, -0.2) is 4.98 Å². The van der Waals surface area contributed by atoms with Crippen LogP contribution in [0.15, 0.2) is 73.1 Å². The summed E-state index contributed by atoms with van der Waals surface area (Å²) in [6.45, 7) is 2.61. The number of amides is 1. The van der Waals surface area contributed by atoms with Gasteiger partial charge in [-0.15, -0.1) is 0 Å².